The van der Waals surface area contributed by atoms with Gasteiger partial charge in [-0.2, -0.15) is 0 Å². The molecular formula is C52H42B2N4O4. The van der Waals surface area contributed by atoms with Crippen LogP contribution in [-0.2, 0) is 33.7 Å². The standard InChI is InChI=1S/C52H42B2N4O4/c1-5-13-41(14-6-1)51(42-15-7-2-8-16-42)49(57-53-61-51)39-21-25-45(26-22-39)59-35-37-29-31-55-47(33-37)48-34-38(30-32-56-48)36-60-46-27-23-40(24-28-46)50-52(62-54-58-50,43-17-9-3-10-18-43)44-19-11-4-12-20-44/h1-34,49-50,57-58H,35-36H2/t49-,50-/m0/s1. The zero-order valence-corrected chi connectivity index (χ0v) is 33.9. The lowest BCUT2D eigenvalue weighted by Gasteiger charge is -2.36. The second kappa shape index (κ2) is 17.7. The highest BCUT2D eigenvalue weighted by Gasteiger charge is 2.49. The maximum Gasteiger partial charge on any atom is 0.397 e. The molecule has 0 spiro atoms. The Kier molecular flexibility index (Phi) is 11.2. The molecule has 2 fully saturated rings. The smallest absolute Gasteiger partial charge is 0.397 e. The summed E-state index contributed by atoms with van der Waals surface area (Å²) in [6.45, 7) is 0.755. The fourth-order valence-electron chi connectivity index (χ4n) is 8.69. The SMILES string of the molecule is [B]1N[C@@H](c2ccc(OCc3ccnc(-c4cc(COc5ccc([C@@H]6N[B]OC6(c6ccccc6)c6ccccc6)cc5)ccn4)c3)cc2)C(c2ccccc2)(c2ccccc2)O1. The summed E-state index contributed by atoms with van der Waals surface area (Å²) in [5.41, 5.74) is 8.53. The Morgan fingerprint density at radius 1 is 0.435 bits per heavy atom. The van der Waals surface area contributed by atoms with Crippen LogP contribution in [-0.4, -0.2) is 25.2 Å². The van der Waals surface area contributed by atoms with Gasteiger partial charge in [0.25, 0.3) is 0 Å². The van der Waals surface area contributed by atoms with Crippen molar-refractivity contribution in [3.05, 3.63) is 251 Å². The molecule has 4 heterocycles. The van der Waals surface area contributed by atoms with Crippen molar-refractivity contribution in [3.63, 3.8) is 0 Å². The minimum absolute atomic E-state index is 0.145. The topological polar surface area (TPSA) is 86.8 Å². The van der Waals surface area contributed by atoms with Gasteiger partial charge in [0.15, 0.2) is 0 Å². The third-order valence-electron chi connectivity index (χ3n) is 11.7. The van der Waals surface area contributed by atoms with Gasteiger partial charge in [0.05, 0.1) is 23.5 Å². The Hall–Kier alpha value is -6.81. The summed E-state index contributed by atoms with van der Waals surface area (Å²) < 4.78 is 25.5. The zero-order valence-electron chi connectivity index (χ0n) is 33.9. The summed E-state index contributed by atoms with van der Waals surface area (Å²) in [7, 11) is 3.41. The molecule has 6 aromatic carbocycles. The quantitative estimate of drug-likeness (QED) is 0.112. The molecule has 0 aliphatic carbocycles. The molecular weight excluding hydrogens is 766 g/mol. The number of rotatable bonds is 13. The fourth-order valence-corrected chi connectivity index (χ4v) is 8.69. The maximum atomic E-state index is 6.46. The molecule has 2 radical (unpaired) electrons. The van der Waals surface area contributed by atoms with E-state index in [0.717, 1.165) is 67.4 Å². The number of pyridine rings is 2. The molecule has 8 aromatic rings. The maximum absolute atomic E-state index is 6.46. The van der Waals surface area contributed by atoms with E-state index < -0.39 is 11.2 Å². The monoisotopic (exact) mass is 808 g/mol. The van der Waals surface area contributed by atoms with Gasteiger partial charge in [-0.3, -0.25) is 9.97 Å². The summed E-state index contributed by atoms with van der Waals surface area (Å²) in [5.74, 6) is 1.53. The number of benzene rings is 6. The highest BCUT2D eigenvalue weighted by atomic mass is 16.5. The summed E-state index contributed by atoms with van der Waals surface area (Å²) in [4.78, 5) is 9.29. The fraction of sp³-hybridized carbons (Fsp3) is 0.115. The van der Waals surface area contributed by atoms with E-state index in [1.54, 1.807) is 27.6 Å². The van der Waals surface area contributed by atoms with E-state index in [0.29, 0.717) is 13.2 Å². The first-order chi connectivity index (χ1) is 30.7. The average molecular weight is 809 g/mol. The number of nitrogens with one attached hydrogen (secondary N) is 2. The third kappa shape index (κ3) is 7.70. The van der Waals surface area contributed by atoms with Crippen molar-refractivity contribution in [2.24, 2.45) is 0 Å². The van der Waals surface area contributed by atoms with Crippen molar-refractivity contribution < 1.29 is 18.8 Å². The Bertz CT molecular complexity index is 2440. The van der Waals surface area contributed by atoms with E-state index in [1.807, 2.05) is 72.8 Å². The van der Waals surface area contributed by atoms with E-state index in [-0.39, 0.29) is 12.1 Å². The Balaban J connectivity index is 0.791. The van der Waals surface area contributed by atoms with Crippen LogP contribution in [0, 0.1) is 0 Å². The van der Waals surface area contributed by atoms with Crippen molar-refractivity contribution in [2.75, 3.05) is 0 Å². The van der Waals surface area contributed by atoms with Crippen LogP contribution in [0.25, 0.3) is 11.4 Å². The third-order valence-corrected chi connectivity index (χ3v) is 11.7. The van der Waals surface area contributed by atoms with Crippen LogP contribution in [0.3, 0.4) is 0 Å². The van der Waals surface area contributed by atoms with E-state index >= 15 is 0 Å². The van der Waals surface area contributed by atoms with Gasteiger partial charge in [-0.1, -0.05) is 146 Å². The van der Waals surface area contributed by atoms with E-state index in [2.05, 4.69) is 142 Å². The van der Waals surface area contributed by atoms with Gasteiger partial charge in [0.2, 0.25) is 0 Å². The lowest BCUT2D eigenvalue weighted by atomic mass is 9.78. The van der Waals surface area contributed by atoms with Crippen molar-refractivity contribution >= 4 is 15.2 Å². The highest BCUT2D eigenvalue weighted by Crippen LogP contribution is 2.48. The van der Waals surface area contributed by atoms with Crippen LogP contribution in [0.4, 0.5) is 0 Å². The van der Waals surface area contributed by atoms with E-state index in [4.69, 9.17) is 18.8 Å². The van der Waals surface area contributed by atoms with Crippen LogP contribution >= 0.6 is 0 Å². The first kappa shape index (κ1) is 39.3. The minimum Gasteiger partial charge on any atom is -0.489 e. The Morgan fingerprint density at radius 2 is 0.774 bits per heavy atom. The summed E-state index contributed by atoms with van der Waals surface area (Å²) in [6, 6.07) is 65.6. The normalized spacial score (nSPS) is 17.4. The van der Waals surface area contributed by atoms with Gasteiger partial charge in [-0.05, 0) is 93.0 Å². The van der Waals surface area contributed by atoms with Gasteiger partial charge in [-0.15, -0.1) is 0 Å². The van der Waals surface area contributed by atoms with Crippen LogP contribution in [0.1, 0.15) is 56.6 Å². The molecule has 0 saturated carbocycles. The molecule has 300 valence electrons. The van der Waals surface area contributed by atoms with Gasteiger partial charge in [0.1, 0.15) is 35.9 Å². The molecule has 2 N–H and O–H groups in total. The number of hydrogen-bond acceptors (Lipinski definition) is 8. The highest BCUT2D eigenvalue weighted by molar-refractivity contribution is 6.25. The molecule has 0 unspecified atom stereocenters. The predicted molar refractivity (Wildman–Crippen MR) is 242 cm³/mol. The van der Waals surface area contributed by atoms with E-state index in [9.17, 15) is 0 Å². The van der Waals surface area contributed by atoms with Crippen LogP contribution in [0.5, 0.6) is 11.5 Å². The first-order valence-corrected chi connectivity index (χ1v) is 20.8. The van der Waals surface area contributed by atoms with Crippen molar-refractivity contribution in [1.29, 1.82) is 0 Å². The largest absolute Gasteiger partial charge is 0.489 e. The number of nitrogens with zero attached hydrogens (tertiary/aromatic N) is 2. The van der Waals surface area contributed by atoms with Gasteiger partial charge >= 0.3 is 15.2 Å². The molecule has 2 aliphatic heterocycles. The second-order valence-corrected chi connectivity index (χ2v) is 15.4. The molecule has 0 amide bonds. The van der Waals surface area contributed by atoms with Crippen LogP contribution in [0.15, 0.2) is 207 Å². The molecule has 8 nitrogen and oxygen atoms in total. The van der Waals surface area contributed by atoms with Crippen molar-refractivity contribution in [1.82, 2.24) is 20.4 Å². The van der Waals surface area contributed by atoms with Crippen LogP contribution in [0.2, 0.25) is 0 Å². The average Bonchev–Trinajstić information content (AvgIpc) is 4.02. The summed E-state index contributed by atoms with van der Waals surface area (Å²) in [6.07, 6.45) is 3.59. The lowest BCUT2D eigenvalue weighted by Crippen LogP contribution is -2.35. The number of aromatic nitrogens is 2. The number of ether oxygens (including phenoxy) is 2. The summed E-state index contributed by atoms with van der Waals surface area (Å²) >= 11 is 0. The summed E-state index contributed by atoms with van der Waals surface area (Å²) in [5, 5.41) is 6.98. The molecule has 10 heteroatoms. The lowest BCUT2D eigenvalue weighted by molar-refractivity contribution is 0.118. The van der Waals surface area contributed by atoms with Crippen molar-refractivity contribution in [3.8, 4) is 22.9 Å². The molecule has 62 heavy (non-hydrogen) atoms. The van der Waals surface area contributed by atoms with Gasteiger partial charge < -0.3 is 29.2 Å². The zero-order chi connectivity index (χ0) is 41.6. The molecule has 2 atom stereocenters. The molecule has 2 saturated heterocycles. The molecule has 2 aromatic heterocycles. The van der Waals surface area contributed by atoms with Gasteiger partial charge in [0, 0.05) is 12.4 Å². The first-order valence-electron chi connectivity index (χ1n) is 20.8. The second-order valence-electron chi connectivity index (χ2n) is 15.4. The van der Waals surface area contributed by atoms with Gasteiger partial charge in [-0.25, -0.2) is 0 Å². The van der Waals surface area contributed by atoms with E-state index in [1.165, 1.54) is 0 Å². The van der Waals surface area contributed by atoms with Crippen LogP contribution < -0.4 is 19.9 Å². The molecule has 0 bridgehead atoms. The molecule has 10 rings (SSSR count). The van der Waals surface area contributed by atoms with Crippen molar-refractivity contribution in [2.45, 2.75) is 36.5 Å². The molecule has 2 aliphatic rings. The number of hydrogen-bond donors (Lipinski definition) is 2. The Morgan fingerprint density at radius 3 is 1.11 bits per heavy atom. The minimum atomic E-state index is -0.718. The predicted octanol–water partition coefficient (Wildman–Crippen LogP) is 9.58. The Labute approximate surface area is 363 Å².